The highest BCUT2D eigenvalue weighted by Gasteiger charge is 2.00. The van der Waals surface area contributed by atoms with Crippen LogP contribution in [-0.4, -0.2) is 18.8 Å². The van der Waals surface area contributed by atoms with Crippen LogP contribution in [-0.2, 0) is 0 Å². The number of guanidine groups is 1. The summed E-state index contributed by atoms with van der Waals surface area (Å²) < 4.78 is 5.74. The second kappa shape index (κ2) is 8.97. The molecule has 0 spiro atoms. The zero-order valence-corrected chi connectivity index (χ0v) is 11.4. The predicted molar refractivity (Wildman–Crippen MR) is 79.5 cm³/mol. The van der Waals surface area contributed by atoms with E-state index in [2.05, 4.69) is 17.1 Å². The van der Waals surface area contributed by atoms with Crippen molar-refractivity contribution in [1.82, 2.24) is 0 Å². The minimum absolute atomic E-state index is 0.0609. The van der Waals surface area contributed by atoms with Crippen LogP contribution >= 0.6 is 0 Å². The average molecular weight is 262 g/mol. The van der Waals surface area contributed by atoms with E-state index in [1.165, 1.54) is 19.3 Å². The van der Waals surface area contributed by atoms with E-state index >= 15 is 0 Å². The van der Waals surface area contributed by atoms with E-state index in [0.717, 1.165) is 17.7 Å². The number of para-hydroxylation sites is 1. The maximum Gasteiger partial charge on any atom is 0.211 e. The molecule has 19 heavy (non-hydrogen) atoms. The molecule has 0 atom stereocenters. The lowest BCUT2D eigenvalue weighted by Crippen LogP contribution is -2.21. The van der Waals surface area contributed by atoms with Crippen LogP contribution in [0.4, 0.5) is 0 Å². The Morgan fingerprint density at radius 1 is 1.21 bits per heavy atom. The third-order valence-corrected chi connectivity index (χ3v) is 2.54. The van der Waals surface area contributed by atoms with E-state index in [9.17, 15) is 0 Å². The first kappa shape index (κ1) is 15.0. The van der Waals surface area contributed by atoms with Crippen LogP contribution in [0.2, 0.25) is 0 Å². The molecule has 5 nitrogen and oxygen atoms in total. The zero-order chi connectivity index (χ0) is 13.9. The number of nitrogens with zero attached hydrogens (tertiary/aromatic N) is 2. The Hall–Kier alpha value is -2.04. The summed E-state index contributed by atoms with van der Waals surface area (Å²) in [6.07, 6.45) is 6.31. The van der Waals surface area contributed by atoms with Crippen LogP contribution in [0.5, 0.6) is 5.75 Å². The fraction of sp³-hybridized carbons (Fsp3) is 0.429. The highest BCUT2D eigenvalue weighted by Crippen LogP contribution is 2.16. The van der Waals surface area contributed by atoms with Gasteiger partial charge in [-0.15, -0.1) is 5.10 Å². The van der Waals surface area contributed by atoms with Gasteiger partial charge in [0.25, 0.3) is 0 Å². The van der Waals surface area contributed by atoms with E-state index in [-0.39, 0.29) is 5.96 Å². The lowest BCUT2D eigenvalue weighted by Gasteiger charge is -2.08. The molecule has 1 aromatic rings. The number of benzene rings is 1. The van der Waals surface area contributed by atoms with E-state index in [4.69, 9.17) is 16.2 Å². The molecular weight excluding hydrogens is 240 g/mol. The summed E-state index contributed by atoms with van der Waals surface area (Å²) in [6, 6.07) is 7.67. The quantitative estimate of drug-likeness (QED) is 0.326. The SMILES string of the molecule is CCCCCCOc1ccccc1C=NN=C(N)N. The highest BCUT2D eigenvalue weighted by atomic mass is 16.5. The molecule has 0 heterocycles. The van der Waals surface area contributed by atoms with Crippen molar-refractivity contribution in [2.24, 2.45) is 21.7 Å². The number of hydrogen-bond acceptors (Lipinski definition) is 3. The van der Waals surface area contributed by atoms with Gasteiger partial charge in [0.2, 0.25) is 5.96 Å². The lowest BCUT2D eigenvalue weighted by molar-refractivity contribution is 0.304. The largest absolute Gasteiger partial charge is 0.493 e. The Morgan fingerprint density at radius 3 is 2.74 bits per heavy atom. The molecule has 0 saturated heterocycles. The molecule has 0 bridgehead atoms. The number of rotatable bonds is 8. The Morgan fingerprint density at radius 2 is 2.00 bits per heavy atom. The van der Waals surface area contributed by atoms with Crippen LogP contribution < -0.4 is 16.2 Å². The van der Waals surface area contributed by atoms with Gasteiger partial charge in [-0.05, 0) is 18.6 Å². The van der Waals surface area contributed by atoms with Crippen LogP contribution in [0.1, 0.15) is 38.2 Å². The fourth-order valence-corrected chi connectivity index (χ4v) is 1.59. The Balaban J connectivity index is 2.53. The molecule has 0 aliphatic carbocycles. The smallest absolute Gasteiger partial charge is 0.211 e. The topological polar surface area (TPSA) is 86.0 Å². The van der Waals surface area contributed by atoms with Crippen molar-refractivity contribution >= 4 is 12.2 Å². The Labute approximate surface area is 114 Å². The van der Waals surface area contributed by atoms with E-state index < -0.39 is 0 Å². The number of ether oxygens (including phenoxy) is 1. The first-order valence-electron chi connectivity index (χ1n) is 6.58. The summed E-state index contributed by atoms with van der Waals surface area (Å²) in [5.41, 5.74) is 11.3. The van der Waals surface area contributed by atoms with Crippen molar-refractivity contribution in [1.29, 1.82) is 0 Å². The van der Waals surface area contributed by atoms with E-state index in [0.29, 0.717) is 6.61 Å². The molecule has 0 fully saturated rings. The molecule has 0 aromatic heterocycles. The van der Waals surface area contributed by atoms with Gasteiger partial charge in [0, 0.05) is 5.56 Å². The van der Waals surface area contributed by atoms with Crippen molar-refractivity contribution in [3.63, 3.8) is 0 Å². The number of hydrogen-bond donors (Lipinski definition) is 2. The molecule has 0 amide bonds. The molecule has 0 unspecified atom stereocenters. The third kappa shape index (κ3) is 6.45. The highest BCUT2D eigenvalue weighted by molar-refractivity contribution is 5.84. The summed E-state index contributed by atoms with van der Waals surface area (Å²) in [5, 5.41) is 7.36. The van der Waals surface area contributed by atoms with Gasteiger partial charge in [0.15, 0.2) is 0 Å². The van der Waals surface area contributed by atoms with Gasteiger partial charge in [-0.2, -0.15) is 5.10 Å². The van der Waals surface area contributed by atoms with Crippen molar-refractivity contribution in [3.05, 3.63) is 29.8 Å². The molecule has 1 aromatic carbocycles. The van der Waals surface area contributed by atoms with Gasteiger partial charge in [-0.25, -0.2) is 0 Å². The van der Waals surface area contributed by atoms with Gasteiger partial charge in [-0.1, -0.05) is 38.3 Å². The standard InChI is InChI=1S/C14H22N4O/c1-2-3-4-7-10-19-13-9-6-5-8-12(13)11-17-18-14(15)16/h5-6,8-9,11H,2-4,7,10H2,1H3,(H4,15,16,18). The van der Waals surface area contributed by atoms with Crippen LogP contribution in [0.3, 0.4) is 0 Å². The van der Waals surface area contributed by atoms with Crippen molar-refractivity contribution < 1.29 is 4.74 Å². The molecule has 4 N–H and O–H groups in total. The monoisotopic (exact) mass is 262 g/mol. The maximum absolute atomic E-state index is 5.74. The van der Waals surface area contributed by atoms with Gasteiger partial charge < -0.3 is 16.2 Å². The first-order valence-corrected chi connectivity index (χ1v) is 6.58. The van der Waals surface area contributed by atoms with Crippen molar-refractivity contribution in [2.75, 3.05) is 6.61 Å². The number of unbranched alkanes of at least 4 members (excludes halogenated alkanes) is 3. The van der Waals surface area contributed by atoms with Crippen molar-refractivity contribution in [2.45, 2.75) is 32.6 Å². The van der Waals surface area contributed by atoms with Gasteiger partial charge >= 0.3 is 0 Å². The van der Waals surface area contributed by atoms with Crippen LogP contribution in [0.25, 0.3) is 0 Å². The van der Waals surface area contributed by atoms with Crippen LogP contribution in [0.15, 0.2) is 34.5 Å². The predicted octanol–water partition coefficient (Wildman–Crippen LogP) is 2.25. The zero-order valence-electron chi connectivity index (χ0n) is 11.4. The molecule has 0 aliphatic heterocycles. The van der Waals surface area contributed by atoms with Gasteiger partial charge in [0.05, 0.1) is 12.8 Å². The molecule has 1 rings (SSSR count). The summed E-state index contributed by atoms with van der Waals surface area (Å²) in [6.45, 7) is 2.91. The first-order chi connectivity index (χ1) is 9.24. The van der Waals surface area contributed by atoms with Gasteiger partial charge in [-0.3, -0.25) is 0 Å². The third-order valence-electron chi connectivity index (χ3n) is 2.54. The van der Waals surface area contributed by atoms with Gasteiger partial charge in [0.1, 0.15) is 5.75 Å². The fourth-order valence-electron chi connectivity index (χ4n) is 1.59. The second-order valence-corrected chi connectivity index (χ2v) is 4.22. The van der Waals surface area contributed by atoms with E-state index in [1.54, 1.807) is 6.21 Å². The summed E-state index contributed by atoms with van der Waals surface area (Å²) in [5.74, 6) is 0.739. The number of nitrogens with two attached hydrogens (primary N) is 2. The second-order valence-electron chi connectivity index (χ2n) is 4.22. The van der Waals surface area contributed by atoms with Crippen LogP contribution in [0, 0.1) is 0 Å². The summed E-state index contributed by atoms with van der Waals surface area (Å²) >= 11 is 0. The summed E-state index contributed by atoms with van der Waals surface area (Å²) in [4.78, 5) is 0. The maximum atomic E-state index is 5.74. The van der Waals surface area contributed by atoms with E-state index in [1.807, 2.05) is 24.3 Å². The molecule has 5 heteroatoms. The Kier molecular flexibility index (Phi) is 7.09. The molecule has 0 radical (unpaired) electrons. The molecule has 0 saturated carbocycles. The minimum atomic E-state index is -0.0609. The molecule has 104 valence electrons. The Bertz CT molecular complexity index is 425. The lowest BCUT2D eigenvalue weighted by atomic mass is 10.2. The normalized spacial score (nSPS) is 10.6. The molecular formula is C14H22N4O. The van der Waals surface area contributed by atoms with Crippen molar-refractivity contribution in [3.8, 4) is 5.75 Å². The molecule has 0 aliphatic rings. The summed E-state index contributed by atoms with van der Waals surface area (Å²) in [7, 11) is 0. The average Bonchev–Trinajstić information content (AvgIpc) is 2.40. The minimum Gasteiger partial charge on any atom is -0.493 e.